The fraction of sp³-hybridized carbons (Fsp3) is 0.0769. The SMILES string of the molecule is Cc1ccc(Br)c(Nc2nc(Cl)ccc2C(=O)O)c1. The molecule has 1 aromatic heterocycles. The zero-order valence-corrected chi connectivity index (χ0v) is 12.3. The molecule has 0 radical (unpaired) electrons. The summed E-state index contributed by atoms with van der Waals surface area (Å²) in [7, 11) is 0. The summed E-state index contributed by atoms with van der Waals surface area (Å²) < 4.78 is 0.816. The van der Waals surface area contributed by atoms with Crippen LogP contribution in [0.3, 0.4) is 0 Å². The number of hydrogen-bond acceptors (Lipinski definition) is 3. The molecular formula is C13H10BrClN2O2. The van der Waals surface area contributed by atoms with Crippen molar-refractivity contribution < 1.29 is 9.90 Å². The second-order valence-electron chi connectivity index (χ2n) is 3.94. The number of hydrogen-bond donors (Lipinski definition) is 2. The van der Waals surface area contributed by atoms with Crippen LogP contribution in [0.1, 0.15) is 15.9 Å². The van der Waals surface area contributed by atoms with Crippen molar-refractivity contribution in [2.45, 2.75) is 6.92 Å². The summed E-state index contributed by atoms with van der Waals surface area (Å²) in [6.07, 6.45) is 0. The quantitative estimate of drug-likeness (QED) is 0.819. The van der Waals surface area contributed by atoms with Crippen LogP contribution in [-0.2, 0) is 0 Å². The van der Waals surface area contributed by atoms with Crippen LogP contribution in [-0.4, -0.2) is 16.1 Å². The first kappa shape index (κ1) is 13.8. The van der Waals surface area contributed by atoms with Crippen molar-refractivity contribution in [2.24, 2.45) is 0 Å². The molecule has 2 rings (SSSR count). The molecular weight excluding hydrogens is 332 g/mol. The number of aromatic carboxylic acids is 1. The van der Waals surface area contributed by atoms with Gasteiger partial charge in [0.05, 0.1) is 5.69 Å². The van der Waals surface area contributed by atoms with Crippen molar-refractivity contribution in [3.05, 3.63) is 51.1 Å². The van der Waals surface area contributed by atoms with Crippen molar-refractivity contribution >= 4 is 45.0 Å². The van der Waals surface area contributed by atoms with Gasteiger partial charge in [0.25, 0.3) is 0 Å². The molecule has 6 heteroatoms. The van der Waals surface area contributed by atoms with Crippen LogP contribution < -0.4 is 5.32 Å². The minimum atomic E-state index is -1.06. The van der Waals surface area contributed by atoms with E-state index in [1.54, 1.807) is 0 Å². The van der Waals surface area contributed by atoms with Crippen molar-refractivity contribution in [3.8, 4) is 0 Å². The zero-order valence-electron chi connectivity index (χ0n) is 9.95. The third-order valence-corrected chi connectivity index (χ3v) is 3.37. The monoisotopic (exact) mass is 340 g/mol. The first-order valence-corrected chi connectivity index (χ1v) is 6.57. The van der Waals surface area contributed by atoms with Gasteiger partial charge in [0.15, 0.2) is 0 Å². The molecule has 2 N–H and O–H groups in total. The number of pyridine rings is 1. The van der Waals surface area contributed by atoms with Gasteiger partial charge in [-0.1, -0.05) is 17.7 Å². The fourth-order valence-corrected chi connectivity index (χ4v) is 2.06. The van der Waals surface area contributed by atoms with Gasteiger partial charge in [-0.3, -0.25) is 0 Å². The smallest absolute Gasteiger partial charge is 0.339 e. The van der Waals surface area contributed by atoms with Gasteiger partial charge in [-0.05, 0) is 52.7 Å². The minimum absolute atomic E-state index is 0.0674. The van der Waals surface area contributed by atoms with Gasteiger partial charge in [0.2, 0.25) is 0 Å². The van der Waals surface area contributed by atoms with E-state index in [1.807, 2.05) is 25.1 Å². The number of aryl methyl sites for hydroxylation is 1. The lowest BCUT2D eigenvalue weighted by atomic mass is 10.2. The number of carboxylic acids is 1. The summed E-state index contributed by atoms with van der Waals surface area (Å²) >= 11 is 9.20. The molecule has 19 heavy (non-hydrogen) atoms. The van der Waals surface area contributed by atoms with Gasteiger partial charge < -0.3 is 10.4 Å². The fourth-order valence-electron chi connectivity index (χ4n) is 1.57. The molecule has 0 aliphatic carbocycles. The number of anilines is 2. The van der Waals surface area contributed by atoms with Gasteiger partial charge in [0, 0.05) is 4.47 Å². The molecule has 0 aliphatic rings. The number of aromatic nitrogens is 1. The van der Waals surface area contributed by atoms with Gasteiger partial charge >= 0.3 is 5.97 Å². The second kappa shape index (κ2) is 5.59. The van der Waals surface area contributed by atoms with Crippen LogP contribution in [0, 0.1) is 6.92 Å². The average molecular weight is 342 g/mol. The lowest BCUT2D eigenvalue weighted by Gasteiger charge is -2.11. The molecule has 1 heterocycles. The number of benzene rings is 1. The molecule has 0 bridgehead atoms. The third-order valence-electron chi connectivity index (χ3n) is 2.47. The van der Waals surface area contributed by atoms with E-state index >= 15 is 0 Å². The van der Waals surface area contributed by atoms with Crippen LogP contribution in [0.5, 0.6) is 0 Å². The molecule has 0 atom stereocenters. The Kier molecular flexibility index (Phi) is 4.07. The Morgan fingerprint density at radius 3 is 2.79 bits per heavy atom. The number of rotatable bonds is 3. The molecule has 0 saturated heterocycles. The summed E-state index contributed by atoms with van der Waals surface area (Å²) in [6.45, 7) is 1.95. The predicted octanol–water partition coefficient (Wildman–Crippen LogP) is 4.25. The van der Waals surface area contributed by atoms with Crippen molar-refractivity contribution in [3.63, 3.8) is 0 Å². The number of nitrogens with one attached hydrogen (secondary N) is 1. The van der Waals surface area contributed by atoms with E-state index in [0.717, 1.165) is 15.7 Å². The Morgan fingerprint density at radius 2 is 2.11 bits per heavy atom. The van der Waals surface area contributed by atoms with Gasteiger partial charge in [-0.15, -0.1) is 0 Å². The molecule has 0 aliphatic heterocycles. The Balaban J connectivity index is 2.45. The number of halogens is 2. The molecule has 0 spiro atoms. The highest BCUT2D eigenvalue weighted by atomic mass is 79.9. The highest BCUT2D eigenvalue weighted by molar-refractivity contribution is 9.10. The van der Waals surface area contributed by atoms with Gasteiger partial charge in [-0.2, -0.15) is 0 Å². The number of nitrogens with zero attached hydrogens (tertiary/aromatic N) is 1. The normalized spacial score (nSPS) is 10.3. The molecule has 0 amide bonds. The summed E-state index contributed by atoms with van der Waals surface area (Å²) in [4.78, 5) is 15.2. The molecule has 4 nitrogen and oxygen atoms in total. The predicted molar refractivity (Wildman–Crippen MR) is 78.4 cm³/mol. The van der Waals surface area contributed by atoms with Crippen LogP contribution in [0.4, 0.5) is 11.5 Å². The topological polar surface area (TPSA) is 62.2 Å². The van der Waals surface area contributed by atoms with E-state index in [9.17, 15) is 4.79 Å². The van der Waals surface area contributed by atoms with E-state index in [0.29, 0.717) is 0 Å². The van der Waals surface area contributed by atoms with Crippen molar-refractivity contribution in [1.29, 1.82) is 0 Å². The number of carbonyl (C=O) groups is 1. The minimum Gasteiger partial charge on any atom is -0.478 e. The van der Waals surface area contributed by atoms with E-state index in [-0.39, 0.29) is 16.5 Å². The summed E-state index contributed by atoms with van der Waals surface area (Å²) in [5, 5.41) is 12.3. The summed E-state index contributed by atoms with van der Waals surface area (Å²) in [5.41, 5.74) is 1.85. The molecule has 0 unspecified atom stereocenters. The molecule has 2 aromatic rings. The van der Waals surface area contributed by atoms with Crippen LogP contribution in [0.2, 0.25) is 5.15 Å². The zero-order chi connectivity index (χ0) is 14.0. The third kappa shape index (κ3) is 3.24. The van der Waals surface area contributed by atoms with Crippen LogP contribution in [0.15, 0.2) is 34.8 Å². The second-order valence-corrected chi connectivity index (χ2v) is 5.19. The highest BCUT2D eigenvalue weighted by Crippen LogP contribution is 2.28. The van der Waals surface area contributed by atoms with E-state index in [2.05, 4.69) is 26.2 Å². The van der Waals surface area contributed by atoms with E-state index < -0.39 is 5.97 Å². The first-order valence-electron chi connectivity index (χ1n) is 5.40. The maximum Gasteiger partial charge on any atom is 0.339 e. The Morgan fingerprint density at radius 1 is 1.37 bits per heavy atom. The van der Waals surface area contributed by atoms with Crippen LogP contribution in [0.25, 0.3) is 0 Å². The summed E-state index contributed by atoms with van der Waals surface area (Å²) in [6, 6.07) is 8.57. The maximum atomic E-state index is 11.1. The maximum absolute atomic E-state index is 11.1. The average Bonchev–Trinajstić information content (AvgIpc) is 2.33. The highest BCUT2D eigenvalue weighted by Gasteiger charge is 2.13. The van der Waals surface area contributed by atoms with Crippen molar-refractivity contribution in [1.82, 2.24) is 4.98 Å². The summed E-state index contributed by atoms with van der Waals surface area (Å²) in [5.74, 6) is -0.846. The Hall–Kier alpha value is -1.59. The van der Waals surface area contributed by atoms with Gasteiger partial charge in [-0.25, -0.2) is 9.78 Å². The van der Waals surface area contributed by atoms with Crippen LogP contribution >= 0.6 is 27.5 Å². The molecule has 0 fully saturated rings. The standard InChI is InChI=1S/C13H10BrClN2O2/c1-7-2-4-9(14)10(6-7)16-12-8(13(18)19)3-5-11(15)17-12/h2-6H,1H3,(H,16,17)(H,18,19). The molecule has 0 saturated carbocycles. The Bertz CT molecular complexity index is 647. The van der Waals surface area contributed by atoms with Crippen molar-refractivity contribution in [2.75, 3.05) is 5.32 Å². The first-order chi connectivity index (χ1) is 8.97. The molecule has 98 valence electrons. The van der Waals surface area contributed by atoms with E-state index in [4.69, 9.17) is 16.7 Å². The van der Waals surface area contributed by atoms with Gasteiger partial charge in [0.1, 0.15) is 16.5 Å². The largest absolute Gasteiger partial charge is 0.478 e. The Labute approximate surface area is 123 Å². The van der Waals surface area contributed by atoms with E-state index in [1.165, 1.54) is 12.1 Å². The molecule has 1 aromatic carbocycles. The number of carboxylic acid groups (broad SMARTS) is 1. The lowest BCUT2D eigenvalue weighted by molar-refractivity contribution is 0.0697. The lowest BCUT2D eigenvalue weighted by Crippen LogP contribution is -2.05.